The van der Waals surface area contributed by atoms with E-state index in [2.05, 4.69) is 15.2 Å². The fourth-order valence-electron chi connectivity index (χ4n) is 1.76. The molecule has 16 heavy (non-hydrogen) atoms. The Bertz CT molecular complexity index is 653. The number of nitrogens with zero attached hydrogens (tertiary/aromatic N) is 4. The molecular formula is C11H10N4O. The number of fused-ring (bicyclic) bond motifs is 1. The van der Waals surface area contributed by atoms with Crippen molar-refractivity contribution in [1.29, 1.82) is 0 Å². The maximum atomic E-state index is 5.43. The number of aryl methyl sites for hydroxylation is 2. The largest absolute Gasteiger partial charge is 0.420 e. The van der Waals surface area contributed by atoms with Gasteiger partial charge in [-0.1, -0.05) is 6.07 Å². The van der Waals surface area contributed by atoms with Crippen LogP contribution in [-0.4, -0.2) is 19.6 Å². The van der Waals surface area contributed by atoms with Crippen LogP contribution < -0.4 is 0 Å². The Morgan fingerprint density at radius 1 is 1.19 bits per heavy atom. The van der Waals surface area contributed by atoms with Crippen LogP contribution in [0.3, 0.4) is 0 Å². The summed E-state index contributed by atoms with van der Waals surface area (Å²) in [6, 6.07) is 5.84. The highest BCUT2D eigenvalue weighted by molar-refractivity contribution is 5.59. The molecule has 3 aromatic rings. The summed E-state index contributed by atoms with van der Waals surface area (Å²) in [7, 11) is 0. The molecule has 3 heterocycles. The van der Waals surface area contributed by atoms with Gasteiger partial charge in [0, 0.05) is 13.1 Å². The Morgan fingerprint density at radius 2 is 2.06 bits per heavy atom. The van der Waals surface area contributed by atoms with Crippen LogP contribution in [0, 0.1) is 13.8 Å². The van der Waals surface area contributed by atoms with Gasteiger partial charge in [-0.05, 0) is 19.1 Å². The van der Waals surface area contributed by atoms with E-state index >= 15 is 0 Å². The predicted molar refractivity (Wildman–Crippen MR) is 58.0 cm³/mol. The molecule has 0 bridgehead atoms. The lowest BCUT2D eigenvalue weighted by Crippen LogP contribution is -1.88. The molecular weight excluding hydrogens is 204 g/mol. The monoisotopic (exact) mass is 214 g/mol. The molecule has 5 heteroatoms. The molecule has 0 N–H and O–H groups in total. The van der Waals surface area contributed by atoms with Crippen LogP contribution in [0.4, 0.5) is 0 Å². The van der Waals surface area contributed by atoms with Crippen LogP contribution in [-0.2, 0) is 0 Å². The van der Waals surface area contributed by atoms with Crippen LogP contribution in [0.2, 0.25) is 0 Å². The minimum Gasteiger partial charge on any atom is -0.420 e. The van der Waals surface area contributed by atoms with Gasteiger partial charge in [0.1, 0.15) is 11.3 Å². The summed E-state index contributed by atoms with van der Waals surface area (Å²) < 4.78 is 7.38. The van der Waals surface area contributed by atoms with E-state index in [1.165, 1.54) is 0 Å². The fraction of sp³-hybridized carbons (Fsp3) is 0.182. The number of rotatable bonds is 1. The molecule has 3 rings (SSSR count). The Balaban J connectivity index is 2.34. The Labute approximate surface area is 91.8 Å². The average molecular weight is 214 g/mol. The summed E-state index contributed by atoms with van der Waals surface area (Å²) in [5.41, 5.74) is 2.62. The number of hydrogen-bond donors (Lipinski definition) is 0. The van der Waals surface area contributed by atoms with Gasteiger partial charge in [-0.15, -0.1) is 10.2 Å². The van der Waals surface area contributed by atoms with E-state index in [0.717, 1.165) is 17.0 Å². The molecule has 0 amide bonds. The topological polar surface area (TPSA) is 56.2 Å². The van der Waals surface area contributed by atoms with Gasteiger partial charge >= 0.3 is 0 Å². The van der Waals surface area contributed by atoms with Gasteiger partial charge in [0.15, 0.2) is 0 Å². The minimum absolute atomic E-state index is 0.508. The lowest BCUT2D eigenvalue weighted by atomic mass is 10.3. The molecule has 3 aromatic heterocycles. The van der Waals surface area contributed by atoms with E-state index in [1.54, 1.807) is 6.92 Å². The maximum absolute atomic E-state index is 5.43. The normalized spacial score (nSPS) is 11.1. The van der Waals surface area contributed by atoms with Gasteiger partial charge in [0.25, 0.3) is 5.89 Å². The third kappa shape index (κ3) is 1.21. The van der Waals surface area contributed by atoms with Crippen molar-refractivity contribution in [3.05, 3.63) is 36.0 Å². The zero-order valence-electron chi connectivity index (χ0n) is 9.01. The first-order valence-corrected chi connectivity index (χ1v) is 5.00. The van der Waals surface area contributed by atoms with E-state index < -0.39 is 0 Å². The van der Waals surface area contributed by atoms with Gasteiger partial charge in [-0.25, -0.2) is 4.98 Å². The molecule has 0 aromatic carbocycles. The molecule has 0 saturated heterocycles. The summed E-state index contributed by atoms with van der Waals surface area (Å²) in [6.45, 7) is 3.71. The quantitative estimate of drug-likeness (QED) is 0.621. The molecule has 0 unspecified atom stereocenters. The third-order valence-electron chi connectivity index (χ3n) is 2.43. The SMILES string of the molecule is Cc1nnc(-c2c(C)nc3ccccn23)o1. The van der Waals surface area contributed by atoms with Crippen molar-refractivity contribution in [3.63, 3.8) is 0 Å². The van der Waals surface area contributed by atoms with Crippen LogP contribution in [0.25, 0.3) is 17.2 Å². The van der Waals surface area contributed by atoms with Crippen molar-refractivity contribution < 1.29 is 4.42 Å². The number of hydrogen-bond acceptors (Lipinski definition) is 4. The fourth-order valence-corrected chi connectivity index (χ4v) is 1.76. The Kier molecular flexibility index (Phi) is 1.80. The lowest BCUT2D eigenvalue weighted by Gasteiger charge is -1.96. The molecule has 0 atom stereocenters. The van der Waals surface area contributed by atoms with Crippen LogP contribution >= 0.6 is 0 Å². The standard InChI is InChI=1S/C11H10N4O/c1-7-10(11-14-13-8(2)16-11)15-6-4-3-5-9(15)12-7/h3-6H,1-2H3. The third-order valence-corrected chi connectivity index (χ3v) is 2.43. The highest BCUT2D eigenvalue weighted by Gasteiger charge is 2.15. The van der Waals surface area contributed by atoms with E-state index in [4.69, 9.17) is 4.42 Å². The van der Waals surface area contributed by atoms with Crippen LogP contribution in [0.1, 0.15) is 11.6 Å². The molecule has 0 aliphatic heterocycles. The van der Waals surface area contributed by atoms with E-state index in [1.807, 2.05) is 35.7 Å². The van der Waals surface area contributed by atoms with E-state index in [-0.39, 0.29) is 0 Å². The van der Waals surface area contributed by atoms with Crippen molar-refractivity contribution in [2.75, 3.05) is 0 Å². The highest BCUT2D eigenvalue weighted by Crippen LogP contribution is 2.23. The van der Waals surface area contributed by atoms with Gasteiger partial charge in [-0.3, -0.25) is 4.40 Å². The summed E-state index contributed by atoms with van der Waals surface area (Å²) in [5.74, 6) is 1.06. The zero-order valence-corrected chi connectivity index (χ0v) is 9.01. The molecule has 0 aliphatic carbocycles. The second kappa shape index (κ2) is 3.16. The van der Waals surface area contributed by atoms with Crippen molar-refractivity contribution in [1.82, 2.24) is 19.6 Å². The van der Waals surface area contributed by atoms with E-state index in [0.29, 0.717) is 11.8 Å². The molecule has 0 radical (unpaired) electrons. The molecule has 0 aliphatic rings. The maximum Gasteiger partial charge on any atom is 0.266 e. The van der Waals surface area contributed by atoms with Crippen molar-refractivity contribution in [3.8, 4) is 11.6 Å². The first kappa shape index (κ1) is 9.08. The zero-order chi connectivity index (χ0) is 11.1. The predicted octanol–water partition coefficient (Wildman–Crippen LogP) is 2.00. The van der Waals surface area contributed by atoms with Crippen molar-refractivity contribution >= 4 is 5.65 Å². The van der Waals surface area contributed by atoms with Crippen LogP contribution in [0.5, 0.6) is 0 Å². The number of aromatic nitrogens is 4. The minimum atomic E-state index is 0.508. The lowest BCUT2D eigenvalue weighted by molar-refractivity contribution is 0.530. The van der Waals surface area contributed by atoms with Gasteiger partial charge in [-0.2, -0.15) is 0 Å². The second-order valence-electron chi connectivity index (χ2n) is 3.60. The molecule has 0 fully saturated rings. The molecule has 5 nitrogen and oxygen atoms in total. The number of pyridine rings is 1. The van der Waals surface area contributed by atoms with Gasteiger partial charge in [0.2, 0.25) is 5.89 Å². The summed E-state index contributed by atoms with van der Waals surface area (Å²) in [4.78, 5) is 4.43. The number of imidazole rings is 1. The average Bonchev–Trinajstić information content (AvgIpc) is 2.80. The first-order chi connectivity index (χ1) is 7.75. The van der Waals surface area contributed by atoms with Gasteiger partial charge in [0.05, 0.1) is 5.69 Å². The Hall–Kier alpha value is -2.17. The van der Waals surface area contributed by atoms with Crippen molar-refractivity contribution in [2.24, 2.45) is 0 Å². The van der Waals surface area contributed by atoms with Crippen LogP contribution in [0.15, 0.2) is 28.8 Å². The summed E-state index contributed by atoms with van der Waals surface area (Å²) in [5, 5.41) is 7.85. The highest BCUT2D eigenvalue weighted by atomic mass is 16.4. The molecule has 0 saturated carbocycles. The summed E-state index contributed by atoms with van der Waals surface area (Å²) >= 11 is 0. The Morgan fingerprint density at radius 3 is 2.81 bits per heavy atom. The van der Waals surface area contributed by atoms with Crippen molar-refractivity contribution in [2.45, 2.75) is 13.8 Å². The second-order valence-corrected chi connectivity index (χ2v) is 3.60. The van der Waals surface area contributed by atoms with Gasteiger partial charge < -0.3 is 4.42 Å². The smallest absolute Gasteiger partial charge is 0.266 e. The molecule has 0 spiro atoms. The molecule has 80 valence electrons. The van der Waals surface area contributed by atoms with E-state index in [9.17, 15) is 0 Å². The summed E-state index contributed by atoms with van der Waals surface area (Å²) in [6.07, 6.45) is 1.93. The first-order valence-electron chi connectivity index (χ1n) is 5.00.